The highest BCUT2D eigenvalue weighted by Crippen LogP contribution is 2.29. The van der Waals surface area contributed by atoms with Gasteiger partial charge in [-0.3, -0.25) is 4.79 Å². The van der Waals surface area contributed by atoms with Gasteiger partial charge in [0.2, 0.25) is 0 Å². The summed E-state index contributed by atoms with van der Waals surface area (Å²) in [5.74, 6) is -4.32. The summed E-state index contributed by atoms with van der Waals surface area (Å²) in [6, 6.07) is 4.74. The van der Waals surface area contributed by atoms with Crippen LogP contribution in [0.3, 0.4) is 0 Å². The molecule has 1 aromatic carbocycles. The molecule has 1 aliphatic rings. The summed E-state index contributed by atoms with van der Waals surface area (Å²) in [5.41, 5.74) is 7.49. The first kappa shape index (κ1) is 20.3. The van der Waals surface area contributed by atoms with E-state index in [0.29, 0.717) is 18.4 Å². The van der Waals surface area contributed by atoms with E-state index in [-0.39, 0.29) is 23.8 Å². The van der Waals surface area contributed by atoms with Gasteiger partial charge in [-0.25, -0.2) is 17.9 Å². The first-order valence-corrected chi connectivity index (χ1v) is 8.06. The highest BCUT2D eigenvalue weighted by atomic mass is 35.5. The van der Waals surface area contributed by atoms with Gasteiger partial charge >= 0.3 is 0 Å². The third-order valence-electron chi connectivity index (χ3n) is 4.28. The van der Waals surface area contributed by atoms with Crippen LogP contribution in [-0.2, 0) is 12.8 Å². The van der Waals surface area contributed by atoms with E-state index in [0.717, 1.165) is 17.7 Å². The van der Waals surface area contributed by atoms with Gasteiger partial charge in [0.05, 0.1) is 13.1 Å². The van der Waals surface area contributed by atoms with Crippen LogP contribution in [0.5, 0.6) is 0 Å². The van der Waals surface area contributed by atoms with Crippen molar-refractivity contribution in [1.82, 2.24) is 15.1 Å². The number of hydrogen-bond donors (Lipinski definition) is 2. The fourth-order valence-electron chi connectivity index (χ4n) is 2.97. The molecule has 0 fully saturated rings. The molecule has 0 saturated heterocycles. The monoisotopic (exact) mass is 388 g/mol. The Kier molecular flexibility index (Phi) is 5.98. The molecule has 0 aliphatic heterocycles. The standard InChI is InChI=1S/C17H19F3N4O.ClH/c1-10-5-6-14(12(18)7-10)24-13-4-2-3-11(13)15(23-24)16(25)22-9-17(19,20)8-21;/h5-7H,2-4,8-9,21H2,1H3,(H,22,25);1H. The van der Waals surface area contributed by atoms with Crippen molar-refractivity contribution in [2.45, 2.75) is 32.1 Å². The van der Waals surface area contributed by atoms with E-state index in [9.17, 15) is 18.0 Å². The lowest BCUT2D eigenvalue weighted by Crippen LogP contribution is -2.41. The maximum atomic E-state index is 14.3. The van der Waals surface area contributed by atoms with Gasteiger partial charge in [-0.1, -0.05) is 6.07 Å². The summed E-state index contributed by atoms with van der Waals surface area (Å²) in [4.78, 5) is 12.3. The number of aromatic nitrogens is 2. The van der Waals surface area contributed by atoms with Gasteiger partial charge in [-0.05, 0) is 43.9 Å². The fourth-order valence-corrected chi connectivity index (χ4v) is 2.97. The predicted molar refractivity (Wildman–Crippen MR) is 93.9 cm³/mol. The summed E-state index contributed by atoms with van der Waals surface area (Å²) >= 11 is 0. The smallest absolute Gasteiger partial charge is 0.277 e. The van der Waals surface area contributed by atoms with E-state index in [4.69, 9.17) is 5.73 Å². The highest BCUT2D eigenvalue weighted by Gasteiger charge is 2.31. The maximum Gasteiger partial charge on any atom is 0.277 e. The van der Waals surface area contributed by atoms with Crippen molar-refractivity contribution in [3.8, 4) is 5.69 Å². The third-order valence-corrected chi connectivity index (χ3v) is 4.28. The molecule has 3 N–H and O–H groups in total. The van der Waals surface area contributed by atoms with E-state index in [1.165, 1.54) is 10.7 Å². The Labute approximate surface area is 155 Å². The van der Waals surface area contributed by atoms with Gasteiger partial charge in [0.15, 0.2) is 5.69 Å². The number of carbonyl (C=O) groups excluding carboxylic acids is 1. The van der Waals surface area contributed by atoms with Crippen molar-refractivity contribution in [1.29, 1.82) is 0 Å². The Morgan fingerprint density at radius 2 is 2.12 bits per heavy atom. The second kappa shape index (κ2) is 7.67. The van der Waals surface area contributed by atoms with Crippen LogP contribution in [-0.4, -0.2) is 34.7 Å². The number of rotatable bonds is 5. The average Bonchev–Trinajstić information content (AvgIpc) is 3.16. The molecule has 5 nitrogen and oxygen atoms in total. The van der Waals surface area contributed by atoms with Crippen LogP contribution in [0.15, 0.2) is 18.2 Å². The van der Waals surface area contributed by atoms with Crippen molar-refractivity contribution < 1.29 is 18.0 Å². The molecule has 3 rings (SSSR count). The van der Waals surface area contributed by atoms with Crippen LogP contribution in [0.2, 0.25) is 0 Å². The molecule has 1 amide bonds. The third kappa shape index (κ3) is 3.86. The second-order valence-corrected chi connectivity index (χ2v) is 6.24. The largest absolute Gasteiger partial charge is 0.345 e. The van der Waals surface area contributed by atoms with Crippen molar-refractivity contribution in [2.24, 2.45) is 5.73 Å². The fraction of sp³-hybridized carbons (Fsp3) is 0.412. The van der Waals surface area contributed by atoms with Crippen LogP contribution in [0.25, 0.3) is 5.69 Å². The SMILES string of the molecule is Cc1ccc(-n2nc(C(=O)NCC(F)(F)CN)c3c2CCC3)c(F)c1.Cl. The number of nitrogens with one attached hydrogen (secondary N) is 1. The van der Waals surface area contributed by atoms with E-state index in [2.05, 4.69) is 10.4 Å². The molecule has 0 bridgehead atoms. The molecule has 1 aliphatic carbocycles. The molecule has 142 valence electrons. The normalized spacial score (nSPS) is 13.3. The quantitative estimate of drug-likeness (QED) is 0.826. The molecule has 26 heavy (non-hydrogen) atoms. The molecule has 0 spiro atoms. The molecule has 1 heterocycles. The minimum absolute atomic E-state index is 0. The lowest BCUT2D eigenvalue weighted by Gasteiger charge is -2.14. The second-order valence-electron chi connectivity index (χ2n) is 6.24. The number of hydrogen-bond acceptors (Lipinski definition) is 3. The van der Waals surface area contributed by atoms with Gasteiger partial charge in [-0.2, -0.15) is 5.10 Å². The van der Waals surface area contributed by atoms with Crippen molar-refractivity contribution in [2.75, 3.05) is 13.1 Å². The van der Waals surface area contributed by atoms with Crippen LogP contribution >= 0.6 is 12.4 Å². The number of aryl methyl sites for hydroxylation is 1. The molecule has 0 saturated carbocycles. The van der Waals surface area contributed by atoms with Crippen LogP contribution in [0.4, 0.5) is 13.2 Å². The van der Waals surface area contributed by atoms with E-state index in [1.54, 1.807) is 19.1 Å². The Morgan fingerprint density at radius 3 is 2.77 bits per heavy atom. The molecule has 1 aromatic heterocycles. The zero-order chi connectivity index (χ0) is 18.2. The molecule has 0 radical (unpaired) electrons. The molecule has 9 heteroatoms. The van der Waals surface area contributed by atoms with Crippen LogP contribution < -0.4 is 11.1 Å². The van der Waals surface area contributed by atoms with Crippen LogP contribution in [0.1, 0.15) is 33.7 Å². The average molecular weight is 389 g/mol. The van der Waals surface area contributed by atoms with Crippen molar-refractivity contribution in [3.63, 3.8) is 0 Å². The Balaban J connectivity index is 0.00000243. The van der Waals surface area contributed by atoms with Gasteiger partial charge in [0.25, 0.3) is 11.8 Å². The summed E-state index contributed by atoms with van der Waals surface area (Å²) < 4.78 is 42.2. The van der Waals surface area contributed by atoms with E-state index < -0.39 is 30.7 Å². The number of nitrogens with two attached hydrogens (primary N) is 1. The molecular weight excluding hydrogens is 369 g/mol. The Bertz CT molecular complexity index is 823. The number of halogens is 4. The number of fused-ring (bicyclic) bond motifs is 1. The number of carbonyl (C=O) groups is 1. The summed E-state index contributed by atoms with van der Waals surface area (Å²) in [5, 5.41) is 6.38. The van der Waals surface area contributed by atoms with E-state index >= 15 is 0 Å². The first-order chi connectivity index (χ1) is 11.8. The number of benzene rings is 1. The minimum Gasteiger partial charge on any atom is -0.345 e. The van der Waals surface area contributed by atoms with E-state index in [1.807, 2.05) is 0 Å². The van der Waals surface area contributed by atoms with Crippen LogP contribution in [0, 0.1) is 12.7 Å². The molecular formula is C17H20ClF3N4O. The Morgan fingerprint density at radius 1 is 1.38 bits per heavy atom. The predicted octanol–water partition coefficient (Wildman–Crippen LogP) is 2.55. The minimum atomic E-state index is -3.18. The zero-order valence-corrected chi connectivity index (χ0v) is 15.0. The van der Waals surface area contributed by atoms with Crippen molar-refractivity contribution >= 4 is 18.3 Å². The number of alkyl halides is 2. The zero-order valence-electron chi connectivity index (χ0n) is 14.2. The molecule has 2 aromatic rings. The molecule has 0 unspecified atom stereocenters. The first-order valence-electron chi connectivity index (χ1n) is 8.06. The lowest BCUT2D eigenvalue weighted by atomic mass is 10.2. The van der Waals surface area contributed by atoms with Gasteiger partial charge < -0.3 is 11.1 Å². The van der Waals surface area contributed by atoms with Gasteiger partial charge in [-0.15, -0.1) is 12.4 Å². The summed E-state index contributed by atoms with van der Waals surface area (Å²) in [6.07, 6.45) is 2.07. The summed E-state index contributed by atoms with van der Waals surface area (Å²) in [7, 11) is 0. The topological polar surface area (TPSA) is 72.9 Å². The lowest BCUT2D eigenvalue weighted by molar-refractivity contribution is 0.0118. The number of amides is 1. The van der Waals surface area contributed by atoms with Gasteiger partial charge in [0, 0.05) is 11.3 Å². The summed E-state index contributed by atoms with van der Waals surface area (Å²) in [6.45, 7) is 0.0636. The highest BCUT2D eigenvalue weighted by molar-refractivity contribution is 5.94. The van der Waals surface area contributed by atoms with Gasteiger partial charge in [0.1, 0.15) is 11.5 Å². The number of nitrogens with zero attached hydrogens (tertiary/aromatic N) is 2. The Hall–Kier alpha value is -2.06. The molecule has 0 atom stereocenters. The maximum absolute atomic E-state index is 14.3. The van der Waals surface area contributed by atoms with Crippen molar-refractivity contribution in [3.05, 3.63) is 46.5 Å².